The Morgan fingerprint density at radius 3 is 2.40 bits per heavy atom. The van der Waals surface area contributed by atoms with Crippen molar-refractivity contribution in [3.05, 3.63) is 35.4 Å². The molecule has 2 aliphatic rings. The molecule has 1 fully saturated rings. The van der Waals surface area contributed by atoms with E-state index < -0.39 is 41.5 Å². The minimum atomic E-state index is -1.20. The molecule has 0 saturated carbocycles. The number of nitrogens with zero attached hydrogens (tertiary/aromatic N) is 2. The lowest BCUT2D eigenvalue weighted by molar-refractivity contribution is -0.143. The number of hydrogen-bond acceptors (Lipinski definition) is 6. The molecule has 0 aromatic heterocycles. The van der Waals surface area contributed by atoms with Crippen molar-refractivity contribution in [1.82, 2.24) is 20.4 Å². The van der Waals surface area contributed by atoms with E-state index in [9.17, 15) is 19.5 Å². The van der Waals surface area contributed by atoms with Gasteiger partial charge < -0.3 is 25.0 Å². The Balaban J connectivity index is 1.75. The van der Waals surface area contributed by atoms with Crippen LogP contribution in [0, 0.1) is 11.3 Å². The lowest BCUT2D eigenvalue weighted by Gasteiger charge is -2.39. The first-order chi connectivity index (χ1) is 18.5. The fraction of sp³-hybridized carbons (Fsp3) is 0.710. The molecule has 0 spiro atoms. The SMILES string of the molecule is C[C@H]1C[C@@H](C(=O)N[C@@H]2CCCc3ccccc32)N(C(=O)[C@@H](NC(O)[C@H](C)N(C)C(=O)OC(C)(C)C)C(C)(C)C)C1. The normalized spacial score (nSPS) is 23.6. The fourth-order valence-electron chi connectivity index (χ4n) is 5.59. The minimum absolute atomic E-state index is 0.0621. The zero-order valence-corrected chi connectivity index (χ0v) is 25.8. The molecule has 224 valence electrons. The fourth-order valence-corrected chi connectivity index (χ4v) is 5.59. The number of carbonyl (C=O) groups excluding carboxylic acids is 3. The summed E-state index contributed by atoms with van der Waals surface area (Å²) < 4.78 is 5.44. The van der Waals surface area contributed by atoms with Gasteiger partial charge in [0.05, 0.1) is 18.1 Å². The van der Waals surface area contributed by atoms with E-state index in [1.165, 1.54) is 10.5 Å². The van der Waals surface area contributed by atoms with Crippen molar-refractivity contribution in [3.8, 4) is 0 Å². The number of rotatable bonds is 7. The molecular formula is C31H50N4O5. The van der Waals surface area contributed by atoms with Crippen LogP contribution in [0.5, 0.6) is 0 Å². The van der Waals surface area contributed by atoms with Crippen LogP contribution in [0.15, 0.2) is 24.3 Å². The van der Waals surface area contributed by atoms with E-state index in [2.05, 4.69) is 29.7 Å². The largest absolute Gasteiger partial charge is 0.444 e. The molecule has 1 aliphatic carbocycles. The van der Waals surface area contributed by atoms with E-state index in [-0.39, 0.29) is 23.8 Å². The van der Waals surface area contributed by atoms with E-state index in [1.807, 2.05) is 32.9 Å². The Kier molecular flexibility index (Phi) is 9.94. The Morgan fingerprint density at radius 2 is 1.77 bits per heavy atom. The van der Waals surface area contributed by atoms with Crippen molar-refractivity contribution in [2.75, 3.05) is 13.6 Å². The highest BCUT2D eigenvalue weighted by Crippen LogP contribution is 2.32. The molecule has 3 amide bonds. The zero-order valence-electron chi connectivity index (χ0n) is 25.8. The quantitative estimate of drug-likeness (QED) is 0.437. The van der Waals surface area contributed by atoms with Gasteiger partial charge >= 0.3 is 6.09 Å². The van der Waals surface area contributed by atoms with Gasteiger partial charge in [-0.15, -0.1) is 0 Å². The first-order valence-corrected chi connectivity index (χ1v) is 14.6. The predicted molar refractivity (Wildman–Crippen MR) is 155 cm³/mol. The van der Waals surface area contributed by atoms with E-state index in [1.54, 1.807) is 39.6 Å². The zero-order chi connectivity index (χ0) is 30.0. The van der Waals surface area contributed by atoms with Gasteiger partial charge in [-0.1, -0.05) is 52.0 Å². The highest BCUT2D eigenvalue weighted by Gasteiger charge is 2.45. The van der Waals surface area contributed by atoms with E-state index in [0.29, 0.717) is 13.0 Å². The molecule has 3 rings (SSSR count). The molecule has 0 radical (unpaired) electrons. The molecule has 40 heavy (non-hydrogen) atoms. The van der Waals surface area contributed by atoms with Crippen LogP contribution < -0.4 is 10.6 Å². The number of fused-ring (bicyclic) bond motifs is 1. The number of amides is 3. The summed E-state index contributed by atoms with van der Waals surface area (Å²) in [5, 5.41) is 17.4. The summed E-state index contributed by atoms with van der Waals surface area (Å²) in [4.78, 5) is 43.3. The highest BCUT2D eigenvalue weighted by atomic mass is 16.6. The van der Waals surface area contributed by atoms with Crippen molar-refractivity contribution in [3.63, 3.8) is 0 Å². The van der Waals surface area contributed by atoms with E-state index >= 15 is 0 Å². The molecule has 1 heterocycles. The van der Waals surface area contributed by atoms with Crippen LogP contribution in [-0.4, -0.2) is 76.4 Å². The maximum absolute atomic E-state index is 14.1. The van der Waals surface area contributed by atoms with Crippen molar-refractivity contribution < 1.29 is 24.2 Å². The number of ether oxygens (including phenoxy) is 1. The van der Waals surface area contributed by atoms with Gasteiger partial charge in [-0.25, -0.2) is 4.79 Å². The molecule has 1 aliphatic heterocycles. The van der Waals surface area contributed by atoms with Crippen LogP contribution in [0.25, 0.3) is 0 Å². The minimum Gasteiger partial charge on any atom is -0.444 e. The first kappa shape index (κ1) is 31.9. The number of aliphatic hydroxyl groups excluding tert-OH is 1. The summed E-state index contributed by atoms with van der Waals surface area (Å²) >= 11 is 0. The third-order valence-electron chi connectivity index (χ3n) is 7.98. The molecular weight excluding hydrogens is 508 g/mol. The number of likely N-dealkylation sites (tertiary alicyclic amines) is 1. The predicted octanol–water partition coefficient (Wildman–Crippen LogP) is 4.00. The molecule has 3 N–H and O–H groups in total. The van der Waals surface area contributed by atoms with E-state index in [4.69, 9.17) is 4.74 Å². The lowest BCUT2D eigenvalue weighted by Crippen LogP contribution is -2.61. The molecule has 1 saturated heterocycles. The average molecular weight is 559 g/mol. The van der Waals surface area contributed by atoms with E-state index in [0.717, 1.165) is 24.8 Å². The van der Waals surface area contributed by atoms with Crippen LogP contribution in [0.4, 0.5) is 4.79 Å². The summed E-state index contributed by atoms with van der Waals surface area (Å²) in [5.41, 5.74) is 1.18. The van der Waals surface area contributed by atoms with Gasteiger partial charge in [-0.3, -0.25) is 14.9 Å². The number of likely N-dealkylation sites (N-methyl/N-ethyl adjacent to an activating group) is 1. The van der Waals surface area contributed by atoms with Crippen LogP contribution in [0.2, 0.25) is 0 Å². The molecule has 6 atom stereocenters. The Labute approximate surface area is 240 Å². The Hall–Kier alpha value is -2.65. The number of hydrogen-bond donors (Lipinski definition) is 3. The average Bonchev–Trinajstić information content (AvgIpc) is 3.26. The first-order valence-electron chi connectivity index (χ1n) is 14.6. The summed E-state index contributed by atoms with van der Waals surface area (Å²) in [6, 6.07) is 6.13. The summed E-state index contributed by atoms with van der Waals surface area (Å²) in [7, 11) is 1.56. The number of aryl methyl sites for hydroxylation is 1. The smallest absolute Gasteiger partial charge is 0.410 e. The molecule has 1 aromatic rings. The number of aliphatic hydroxyl groups is 1. The van der Waals surface area contributed by atoms with Crippen LogP contribution >= 0.6 is 0 Å². The van der Waals surface area contributed by atoms with Gasteiger partial charge in [0.2, 0.25) is 11.8 Å². The molecule has 9 heteroatoms. The van der Waals surface area contributed by atoms with Gasteiger partial charge in [0.15, 0.2) is 0 Å². The summed E-state index contributed by atoms with van der Waals surface area (Å²) in [5.74, 6) is -0.195. The third kappa shape index (κ3) is 7.75. The van der Waals surface area contributed by atoms with Crippen molar-refractivity contribution in [1.29, 1.82) is 0 Å². The number of carbonyl (C=O) groups is 3. The Morgan fingerprint density at radius 1 is 1.12 bits per heavy atom. The second-order valence-corrected chi connectivity index (χ2v) is 13.7. The molecule has 9 nitrogen and oxygen atoms in total. The second kappa shape index (κ2) is 12.5. The third-order valence-corrected chi connectivity index (χ3v) is 7.98. The lowest BCUT2D eigenvalue weighted by atomic mass is 9.85. The van der Waals surface area contributed by atoms with Crippen LogP contribution in [0.3, 0.4) is 0 Å². The van der Waals surface area contributed by atoms with Gasteiger partial charge in [-0.2, -0.15) is 0 Å². The van der Waals surface area contributed by atoms with Gasteiger partial charge in [0, 0.05) is 13.6 Å². The number of nitrogens with one attached hydrogen (secondary N) is 2. The number of benzene rings is 1. The van der Waals surface area contributed by atoms with Crippen molar-refractivity contribution in [2.24, 2.45) is 11.3 Å². The highest BCUT2D eigenvalue weighted by molar-refractivity contribution is 5.91. The molecule has 1 unspecified atom stereocenters. The maximum Gasteiger partial charge on any atom is 0.410 e. The van der Waals surface area contributed by atoms with Gasteiger partial charge in [0.1, 0.15) is 17.9 Å². The second-order valence-electron chi connectivity index (χ2n) is 13.7. The molecule has 0 bridgehead atoms. The van der Waals surface area contributed by atoms with Crippen LogP contribution in [0.1, 0.15) is 91.8 Å². The van der Waals surface area contributed by atoms with Crippen molar-refractivity contribution in [2.45, 2.75) is 117 Å². The van der Waals surface area contributed by atoms with Crippen LogP contribution in [-0.2, 0) is 20.7 Å². The monoisotopic (exact) mass is 558 g/mol. The topological polar surface area (TPSA) is 111 Å². The molecule has 1 aromatic carbocycles. The standard InChI is InChI=1S/C31H50N4O5/c1-19-17-24(27(37)32-23-16-12-14-21-13-10-11-15-22(21)23)35(18-19)28(38)25(30(3,4)5)33-26(36)20(2)34(9)29(39)40-31(6,7)8/h10-11,13,15,19-20,23-26,33,36H,12,14,16-18H2,1-9H3,(H,32,37)/t19-,20-,23+,24-,25+,26?/m0/s1. The van der Waals surface area contributed by atoms with Crippen molar-refractivity contribution >= 4 is 17.9 Å². The summed E-state index contributed by atoms with van der Waals surface area (Å²) in [6.07, 6.45) is 1.72. The Bertz CT molecular complexity index is 1060. The maximum atomic E-state index is 14.1. The van der Waals surface area contributed by atoms with Gasteiger partial charge in [-0.05, 0) is 75.8 Å². The summed E-state index contributed by atoms with van der Waals surface area (Å²) in [6.45, 7) is 15.3. The van der Waals surface area contributed by atoms with Gasteiger partial charge in [0.25, 0.3) is 0 Å².